The Morgan fingerprint density at radius 3 is 2.69 bits per heavy atom. The van der Waals surface area contributed by atoms with E-state index in [0.29, 0.717) is 6.54 Å². The smallest absolute Gasteiger partial charge is 0.225 e. The van der Waals surface area contributed by atoms with Crippen molar-refractivity contribution in [2.45, 2.75) is 46.2 Å². The van der Waals surface area contributed by atoms with Crippen LogP contribution in [0, 0.1) is 23.0 Å². The fourth-order valence-electron chi connectivity index (χ4n) is 3.75. The van der Waals surface area contributed by atoms with Gasteiger partial charge in [0.2, 0.25) is 5.91 Å². The standard InChI is InChI=1S/C23H29F2N3O/c1-23(2,3)22(29)27-21(20-8-4-5-11-26-20)17-7-6-12-28(15-17)14-16-9-10-18(24)19(25)13-16/h4-5,8-11,13,17,21H,6-7,12,14-15H2,1-3H3,(H,27,29)/t17-,21+/m0/s1. The third-order valence-corrected chi connectivity index (χ3v) is 5.38. The number of likely N-dealkylation sites (tertiary alicyclic amines) is 1. The number of carbonyl (C=O) groups excluding carboxylic acids is 1. The maximum atomic E-state index is 13.6. The normalized spacial score (nSPS) is 19.0. The molecule has 2 aromatic rings. The minimum Gasteiger partial charge on any atom is -0.347 e. The van der Waals surface area contributed by atoms with Crippen LogP contribution in [0.4, 0.5) is 8.78 Å². The van der Waals surface area contributed by atoms with E-state index in [0.717, 1.165) is 37.2 Å². The molecule has 1 aromatic carbocycles. The predicted octanol–water partition coefficient (Wildman–Crippen LogP) is 4.48. The average molecular weight is 402 g/mol. The van der Waals surface area contributed by atoms with Crippen LogP contribution in [0.5, 0.6) is 0 Å². The van der Waals surface area contributed by atoms with E-state index in [2.05, 4.69) is 15.2 Å². The molecule has 6 heteroatoms. The van der Waals surface area contributed by atoms with Gasteiger partial charge < -0.3 is 5.32 Å². The van der Waals surface area contributed by atoms with E-state index < -0.39 is 17.0 Å². The summed E-state index contributed by atoms with van der Waals surface area (Å²) in [7, 11) is 0. The molecule has 29 heavy (non-hydrogen) atoms. The van der Waals surface area contributed by atoms with Gasteiger partial charge in [-0.2, -0.15) is 0 Å². The third kappa shape index (κ3) is 5.60. The number of benzene rings is 1. The summed E-state index contributed by atoms with van der Waals surface area (Å²) < 4.78 is 26.8. The van der Waals surface area contributed by atoms with E-state index in [1.54, 1.807) is 12.3 Å². The lowest BCUT2D eigenvalue weighted by molar-refractivity contribution is -0.130. The predicted molar refractivity (Wildman–Crippen MR) is 109 cm³/mol. The highest BCUT2D eigenvalue weighted by atomic mass is 19.2. The van der Waals surface area contributed by atoms with Gasteiger partial charge in [-0.1, -0.05) is 32.9 Å². The largest absolute Gasteiger partial charge is 0.347 e. The zero-order valence-corrected chi connectivity index (χ0v) is 17.3. The van der Waals surface area contributed by atoms with E-state index in [4.69, 9.17) is 0 Å². The lowest BCUT2D eigenvalue weighted by Crippen LogP contribution is -2.45. The van der Waals surface area contributed by atoms with Gasteiger partial charge in [0, 0.05) is 24.7 Å². The lowest BCUT2D eigenvalue weighted by atomic mass is 9.86. The number of hydrogen-bond donors (Lipinski definition) is 1. The summed E-state index contributed by atoms with van der Waals surface area (Å²) >= 11 is 0. The van der Waals surface area contributed by atoms with E-state index in [1.807, 2.05) is 39.0 Å². The number of rotatable bonds is 5. The van der Waals surface area contributed by atoms with Crippen LogP contribution in [0.15, 0.2) is 42.6 Å². The van der Waals surface area contributed by atoms with Crippen molar-refractivity contribution < 1.29 is 13.6 Å². The van der Waals surface area contributed by atoms with Gasteiger partial charge in [0.1, 0.15) is 0 Å². The van der Waals surface area contributed by atoms with Gasteiger partial charge in [0.05, 0.1) is 11.7 Å². The molecule has 2 atom stereocenters. The van der Waals surface area contributed by atoms with Crippen LogP contribution in [0.25, 0.3) is 0 Å². The van der Waals surface area contributed by atoms with Gasteiger partial charge in [-0.25, -0.2) is 8.78 Å². The van der Waals surface area contributed by atoms with Gasteiger partial charge in [0.25, 0.3) is 0 Å². The SMILES string of the molecule is CC(C)(C)C(=O)N[C@@H](c1ccccn1)[C@H]1CCCN(Cc2ccc(F)c(F)c2)C1. The van der Waals surface area contributed by atoms with Crippen molar-refractivity contribution >= 4 is 5.91 Å². The first-order chi connectivity index (χ1) is 13.7. The number of piperidine rings is 1. The fraction of sp³-hybridized carbons (Fsp3) is 0.478. The van der Waals surface area contributed by atoms with Crippen molar-refractivity contribution in [2.24, 2.45) is 11.3 Å². The highest BCUT2D eigenvalue weighted by Gasteiger charge is 2.33. The molecule has 1 fully saturated rings. The molecule has 1 N–H and O–H groups in total. The van der Waals surface area contributed by atoms with Crippen molar-refractivity contribution in [1.29, 1.82) is 0 Å². The summed E-state index contributed by atoms with van der Waals surface area (Å²) in [4.78, 5) is 19.4. The summed E-state index contributed by atoms with van der Waals surface area (Å²) in [5.41, 5.74) is 1.11. The first kappa shape index (κ1) is 21.4. The number of amides is 1. The highest BCUT2D eigenvalue weighted by Crippen LogP contribution is 2.31. The summed E-state index contributed by atoms with van der Waals surface area (Å²) in [5, 5.41) is 3.21. The summed E-state index contributed by atoms with van der Waals surface area (Å²) in [6.45, 7) is 7.88. The zero-order valence-electron chi connectivity index (χ0n) is 17.3. The third-order valence-electron chi connectivity index (χ3n) is 5.38. The second-order valence-corrected chi connectivity index (χ2v) is 8.84. The van der Waals surface area contributed by atoms with Gasteiger partial charge in [0.15, 0.2) is 11.6 Å². The maximum absolute atomic E-state index is 13.6. The highest BCUT2D eigenvalue weighted by molar-refractivity contribution is 5.81. The number of halogens is 2. The number of pyridine rings is 1. The first-order valence-electron chi connectivity index (χ1n) is 10.1. The second kappa shape index (κ2) is 8.99. The van der Waals surface area contributed by atoms with E-state index in [-0.39, 0.29) is 17.9 Å². The molecular weight excluding hydrogens is 372 g/mol. The Bertz CT molecular complexity index is 836. The molecule has 1 aliphatic heterocycles. The van der Waals surface area contributed by atoms with Crippen LogP contribution in [0.1, 0.15) is 50.9 Å². The van der Waals surface area contributed by atoms with Crippen LogP contribution in [-0.4, -0.2) is 28.9 Å². The molecule has 0 unspecified atom stereocenters. The number of aromatic nitrogens is 1. The van der Waals surface area contributed by atoms with Crippen LogP contribution < -0.4 is 5.32 Å². The number of nitrogens with zero attached hydrogens (tertiary/aromatic N) is 2. The average Bonchev–Trinajstić information content (AvgIpc) is 2.69. The quantitative estimate of drug-likeness (QED) is 0.804. The van der Waals surface area contributed by atoms with Gasteiger partial charge in [-0.15, -0.1) is 0 Å². The maximum Gasteiger partial charge on any atom is 0.225 e. The monoisotopic (exact) mass is 401 g/mol. The summed E-state index contributed by atoms with van der Waals surface area (Å²) in [5.74, 6) is -1.47. The van der Waals surface area contributed by atoms with Crippen molar-refractivity contribution in [2.75, 3.05) is 13.1 Å². The number of nitrogens with one attached hydrogen (secondary N) is 1. The topological polar surface area (TPSA) is 45.2 Å². The first-order valence-corrected chi connectivity index (χ1v) is 10.1. The molecule has 0 radical (unpaired) electrons. The van der Waals surface area contributed by atoms with Crippen molar-refractivity contribution in [1.82, 2.24) is 15.2 Å². The van der Waals surface area contributed by atoms with Gasteiger partial charge in [-0.3, -0.25) is 14.7 Å². The van der Waals surface area contributed by atoms with Gasteiger partial charge in [-0.05, 0) is 55.1 Å². The van der Waals surface area contributed by atoms with E-state index in [1.165, 1.54) is 12.1 Å². The Balaban J connectivity index is 1.76. The Labute approximate surface area is 171 Å². The molecule has 0 aliphatic carbocycles. The molecule has 4 nitrogen and oxygen atoms in total. The molecule has 1 amide bonds. The molecule has 1 aliphatic rings. The van der Waals surface area contributed by atoms with Crippen LogP contribution >= 0.6 is 0 Å². The van der Waals surface area contributed by atoms with Crippen LogP contribution in [0.3, 0.4) is 0 Å². The minimum absolute atomic E-state index is 0.00844. The molecule has 156 valence electrons. The van der Waals surface area contributed by atoms with Crippen LogP contribution in [0.2, 0.25) is 0 Å². The zero-order chi connectivity index (χ0) is 21.0. The lowest BCUT2D eigenvalue weighted by Gasteiger charge is -2.38. The summed E-state index contributed by atoms with van der Waals surface area (Å²) in [6, 6.07) is 9.61. The van der Waals surface area contributed by atoms with Crippen LogP contribution in [-0.2, 0) is 11.3 Å². The number of hydrogen-bond acceptors (Lipinski definition) is 3. The molecule has 0 saturated carbocycles. The van der Waals surface area contributed by atoms with E-state index >= 15 is 0 Å². The van der Waals surface area contributed by atoms with Crippen molar-refractivity contribution in [3.05, 3.63) is 65.5 Å². The Hall–Kier alpha value is -2.34. The Morgan fingerprint density at radius 1 is 1.24 bits per heavy atom. The van der Waals surface area contributed by atoms with Crippen molar-refractivity contribution in [3.8, 4) is 0 Å². The molecule has 1 saturated heterocycles. The number of carbonyl (C=O) groups is 1. The van der Waals surface area contributed by atoms with E-state index in [9.17, 15) is 13.6 Å². The molecule has 0 bridgehead atoms. The van der Waals surface area contributed by atoms with Gasteiger partial charge >= 0.3 is 0 Å². The van der Waals surface area contributed by atoms with Crippen molar-refractivity contribution in [3.63, 3.8) is 0 Å². The Kier molecular flexibility index (Phi) is 6.63. The molecule has 3 rings (SSSR count). The molecule has 1 aromatic heterocycles. The molecule has 2 heterocycles. The Morgan fingerprint density at radius 2 is 2.03 bits per heavy atom. The summed E-state index contributed by atoms with van der Waals surface area (Å²) in [6.07, 6.45) is 3.69. The molecular formula is C23H29F2N3O. The second-order valence-electron chi connectivity index (χ2n) is 8.84. The fourth-order valence-corrected chi connectivity index (χ4v) is 3.75. The minimum atomic E-state index is -0.828. The molecule has 0 spiro atoms.